The average Bonchev–Trinajstić information content (AvgIpc) is 3.18. The second kappa shape index (κ2) is 5.83. The normalized spacial score (nSPS) is 13.1. The molecule has 4 rings (SSSR count). The van der Waals surface area contributed by atoms with Gasteiger partial charge in [-0.2, -0.15) is 0 Å². The van der Waals surface area contributed by atoms with Gasteiger partial charge in [0.05, 0.1) is 17.3 Å². The van der Waals surface area contributed by atoms with Crippen LogP contribution in [0.3, 0.4) is 0 Å². The highest BCUT2D eigenvalue weighted by molar-refractivity contribution is 7.22. The maximum Gasteiger partial charge on any atom is 0.276 e. The van der Waals surface area contributed by atoms with Gasteiger partial charge in [0.2, 0.25) is 0 Å². The quantitative estimate of drug-likeness (QED) is 0.792. The molecule has 6 nitrogen and oxygen atoms in total. The predicted molar refractivity (Wildman–Crippen MR) is 92.9 cm³/mol. The lowest BCUT2D eigenvalue weighted by Gasteiger charge is -2.07. The second-order valence-electron chi connectivity index (χ2n) is 5.71. The van der Waals surface area contributed by atoms with Gasteiger partial charge in [-0.25, -0.2) is 15.0 Å². The number of nitrogens with zero attached hydrogens (tertiary/aromatic N) is 3. The van der Waals surface area contributed by atoms with Crippen molar-refractivity contribution in [3.63, 3.8) is 0 Å². The topological polar surface area (TPSA) is 77.0 Å². The number of anilines is 1. The first-order valence-corrected chi connectivity index (χ1v) is 8.58. The SMILES string of the molecule is COc1ccc2sc(NC(=O)c3nc(C)nc4c3CCC4)nc2c1. The molecule has 0 saturated carbocycles. The number of amides is 1. The number of benzene rings is 1. The highest BCUT2D eigenvalue weighted by Gasteiger charge is 2.23. The number of carbonyl (C=O) groups excluding carboxylic acids is 1. The Bertz CT molecular complexity index is 951. The molecule has 1 aromatic carbocycles. The van der Waals surface area contributed by atoms with Gasteiger partial charge < -0.3 is 4.74 Å². The average molecular weight is 340 g/mol. The Morgan fingerprint density at radius 2 is 2.12 bits per heavy atom. The molecule has 0 unspecified atom stereocenters. The molecule has 1 N–H and O–H groups in total. The maximum absolute atomic E-state index is 12.7. The molecule has 0 fully saturated rings. The molecule has 24 heavy (non-hydrogen) atoms. The van der Waals surface area contributed by atoms with Crippen LogP contribution < -0.4 is 10.1 Å². The van der Waals surface area contributed by atoms with Crippen LogP contribution in [0.15, 0.2) is 18.2 Å². The largest absolute Gasteiger partial charge is 0.497 e. The summed E-state index contributed by atoms with van der Waals surface area (Å²) in [6, 6.07) is 5.68. The Morgan fingerprint density at radius 1 is 1.25 bits per heavy atom. The van der Waals surface area contributed by atoms with Crippen molar-refractivity contribution in [1.82, 2.24) is 15.0 Å². The zero-order valence-electron chi connectivity index (χ0n) is 13.4. The summed E-state index contributed by atoms with van der Waals surface area (Å²) in [7, 11) is 1.62. The summed E-state index contributed by atoms with van der Waals surface area (Å²) in [5.74, 6) is 1.16. The van der Waals surface area contributed by atoms with Crippen LogP contribution in [-0.4, -0.2) is 28.0 Å². The Morgan fingerprint density at radius 3 is 2.96 bits per heavy atom. The third-order valence-electron chi connectivity index (χ3n) is 4.08. The molecule has 2 aromatic heterocycles. The first kappa shape index (κ1) is 15.0. The van der Waals surface area contributed by atoms with Gasteiger partial charge in [0, 0.05) is 17.3 Å². The summed E-state index contributed by atoms with van der Waals surface area (Å²) in [6.07, 6.45) is 2.80. The number of aromatic nitrogens is 3. The van der Waals surface area contributed by atoms with Crippen LogP contribution in [0.5, 0.6) is 5.75 Å². The van der Waals surface area contributed by atoms with E-state index in [4.69, 9.17) is 4.74 Å². The predicted octanol–water partition coefficient (Wildman–Crippen LogP) is 3.14. The van der Waals surface area contributed by atoms with Gasteiger partial charge in [-0.1, -0.05) is 11.3 Å². The molecule has 0 aliphatic heterocycles. The van der Waals surface area contributed by atoms with Crippen molar-refractivity contribution < 1.29 is 9.53 Å². The van der Waals surface area contributed by atoms with Gasteiger partial charge >= 0.3 is 0 Å². The number of hydrogen-bond donors (Lipinski definition) is 1. The zero-order chi connectivity index (χ0) is 16.7. The fourth-order valence-electron chi connectivity index (χ4n) is 2.99. The van der Waals surface area contributed by atoms with Gasteiger partial charge in [-0.15, -0.1) is 0 Å². The molecule has 1 amide bonds. The molecule has 122 valence electrons. The van der Waals surface area contributed by atoms with Crippen molar-refractivity contribution in [2.75, 3.05) is 12.4 Å². The highest BCUT2D eigenvalue weighted by Crippen LogP contribution is 2.30. The van der Waals surface area contributed by atoms with Gasteiger partial charge in [-0.3, -0.25) is 10.1 Å². The number of nitrogens with one attached hydrogen (secondary N) is 1. The van der Waals surface area contributed by atoms with Gasteiger partial charge in [0.15, 0.2) is 5.13 Å². The van der Waals surface area contributed by atoms with E-state index in [1.165, 1.54) is 11.3 Å². The summed E-state index contributed by atoms with van der Waals surface area (Å²) < 4.78 is 6.20. The van der Waals surface area contributed by atoms with E-state index in [-0.39, 0.29) is 5.91 Å². The lowest BCUT2D eigenvalue weighted by atomic mass is 10.1. The molecule has 1 aliphatic rings. The molecule has 0 bridgehead atoms. The lowest BCUT2D eigenvalue weighted by Crippen LogP contribution is -2.17. The standard InChI is InChI=1S/C17H16N4O2S/c1-9-18-12-5-3-4-11(12)15(19-9)16(22)21-17-20-13-8-10(23-2)6-7-14(13)24-17/h6-8H,3-5H2,1-2H3,(H,20,21,22). The van der Waals surface area contributed by atoms with E-state index in [0.717, 1.165) is 46.5 Å². The molecule has 0 atom stereocenters. The smallest absolute Gasteiger partial charge is 0.276 e. The van der Waals surface area contributed by atoms with Crippen LogP contribution in [0.4, 0.5) is 5.13 Å². The molecular formula is C17H16N4O2S. The molecule has 0 radical (unpaired) electrons. The summed E-state index contributed by atoms with van der Waals surface area (Å²) in [6.45, 7) is 1.82. The molecule has 2 heterocycles. The van der Waals surface area contributed by atoms with Gasteiger partial charge in [0.25, 0.3) is 5.91 Å². The minimum atomic E-state index is -0.218. The summed E-state index contributed by atoms with van der Waals surface area (Å²) in [4.78, 5) is 25.9. The third kappa shape index (κ3) is 2.60. The van der Waals surface area contributed by atoms with Crippen LogP contribution in [0.1, 0.15) is 34.0 Å². The molecule has 3 aromatic rings. The van der Waals surface area contributed by atoms with Crippen molar-refractivity contribution >= 4 is 32.6 Å². The number of rotatable bonds is 3. The minimum absolute atomic E-state index is 0.218. The Kier molecular flexibility index (Phi) is 3.65. The molecule has 7 heteroatoms. The van der Waals surface area contributed by atoms with Crippen molar-refractivity contribution in [1.29, 1.82) is 0 Å². The van der Waals surface area contributed by atoms with Crippen molar-refractivity contribution in [3.05, 3.63) is 41.0 Å². The summed E-state index contributed by atoms with van der Waals surface area (Å²) in [5.41, 5.74) is 3.26. The first-order chi connectivity index (χ1) is 11.6. The van der Waals surface area contributed by atoms with Gasteiger partial charge in [-0.05, 0) is 38.3 Å². The van der Waals surface area contributed by atoms with Crippen molar-refractivity contribution in [3.8, 4) is 5.75 Å². The summed E-state index contributed by atoms with van der Waals surface area (Å²) >= 11 is 1.43. The highest BCUT2D eigenvalue weighted by atomic mass is 32.1. The van der Waals surface area contributed by atoms with Crippen molar-refractivity contribution in [2.24, 2.45) is 0 Å². The van der Waals surface area contributed by atoms with E-state index in [1.807, 2.05) is 25.1 Å². The maximum atomic E-state index is 12.7. The second-order valence-corrected chi connectivity index (χ2v) is 6.74. The van der Waals surface area contributed by atoms with Crippen LogP contribution in [0.25, 0.3) is 10.2 Å². The Balaban J connectivity index is 1.65. The number of methoxy groups -OCH3 is 1. The molecule has 0 spiro atoms. The van der Waals surface area contributed by atoms with Gasteiger partial charge in [0.1, 0.15) is 17.3 Å². The fourth-order valence-corrected chi connectivity index (χ4v) is 3.83. The van der Waals surface area contributed by atoms with E-state index in [0.29, 0.717) is 16.6 Å². The Labute approximate surface area is 142 Å². The van der Waals surface area contributed by atoms with E-state index >= 15 is 0 Å². The monoisotopic (exact) mass is 340 g/mol. The number of hydrogen-bond acceptors (Lipinski definition) is 6. The fraction of sp³-hybridized carbons (Fsp3) is 0.294. The third-order valence-corrected chi connectivity index (χ3v) is 5.03. The van der Waals surface area contributed by atoms with Crippen LogP contribution in [0, 0.1) is 6.92 Å². The lowest BCUT2D eigenvalue weighted by molar-refractivity contribution is 0.102. The van der Waals surface area contributed by atoms with E-state index < -0.39 is 0 Å². The molecular weight excluding hydrogens is 324 g/mol. The minimum Gasteiger partial charge on any atom is -0.497 e. The van der Waals surface area contributed by atoms with Crippen molar-refractivity contribution in [2.45, 2.75) is 26.2 Å². The molecule has 0 saturated heterocycles. The number of fused-ring (bicyclic) bond motifs is 2. The van der Waals surface area contributed by atoms with Crippen LogP contribution in [0.2, 0.25) is 0 Å². The number of aryl methyl sites for hydroxylation is 2. The number of thiazole rings is 1. The first-order valence-electron chi connectivity index (χ1n) is 7.76. The van der Waals surface area contributed by atoms with E-state index in [9.17, 15) is 4.79 Å². The molecule has 1 aliphatic carbocycles. The number of carbonyl (C=O) groups is 1. The zero-order valence-corrected chi connectivity index (χ0v) is 14.2. The summed E-state index contributed by atoms with van der Waals surface area (Å²) in [5, 5.41) is 3.44. The van der Waals surface area contributed by atoms with Crippen LogP contribution in [-0.2, 0) is 12.8 Å². The number of ether oxygens (including phenoxy) is 1. The van der Waals surface area contributed by atoms with Crippen LogP contribution >= 0.6 is 11.3 Å². The van der Waals surface area contributed by atoms with E-state index in [2.05, 4.69) is 20.3 Å². The Hall–Kier alpha value is -2.54. The van der Waals surface area contributed by atoms with E-state index in [1.54, 1.807) is 7.11 Å².